The second-order valence-electron chi connectivity index (χ2n) is 4.90. The van der Waals surface area contributed by atoms with Crippen LogP contribution in [0.15, 0.2) is 53.7 Å². The second kappa shape index (κ2) is 6.44. The molecular formula is C17H12Cl2N2O2. The summed E-state index contributed by atoms with van der Waals surface area (Å²) in [5.41, 5.74) is 2.00. The van der Waals surface area contributed by atoms with Crippen LogP contribution in [0.25, 0.3) is 10.9 Å². The van der Waals surface area contributed by atoms with Gasteiger partial charge in [0.1, 0.15) is 5.15 Å². The Morgan fingerprint density at radius 1 is 1.17 bits per heavy atom. The van der Waals surface area contributed by atoms with Gasteiger partial charge in [-0.05, 0) is 24.3 Å². The molecule has 3 rings (SSSR count). The number of halogens is 2. The van der Waals surface area contributed by atoms with Crippen molar-refractivity contribution in [2.45, 2.75) is 0 Å². The van der Waals surface area contributed by atoms with Crippen LogP contribution in [-0.2, 0) is 11.9 Å². The van der Waals surface area contributed by atoms with Gasteiger partial charge >= 0.3 is 5.97 Å². The maximum absolute atomic E-state index is 11.9. The van der Waals surface area contributed by atoms with Gasteiger partial charge in [-0.15, -0.1) is 0 Å². The van der Waals surface area contributed by atoms with Gasteiger partial charge in [-0.3, -0.25) is 0 Å². The van der Waals surface area contributed by atoms with E-state index in [9.17, 15) is 4.79 Å². The van der Waals surface area contributed by atoms with Gasteiger partial charge in [0.2, 0.25) is 0 Å². The molecule has 0 saturated heterocycles. The molecule has 0 saturated carbocycles. The molecular weight excluding hydrogens is 335 g/mol. The number of carbonyl (C=O) groups is 1. The molecule has 116 valence electrons. The molecule has 1 aromatic heterocycles. The summed E-state index contributed by atoms with van der Waals surface area (Å²) in [6.45, 7) is 0. The lowest BCUT2D eigenvalue weighted by molar-refractivity contribution is 0.0519. The van der Waals surface area contributed by atoms with Crippen molar-refractivity contribution in [2.24, 2.45) is 12.2 Å². The Morgan fingerprint density at radius 3 is 2.74 bits per heavy atom. The summed E-state index contributed by atoms with van der Waals surface area (Å²) in [5, 5.41) is 5.67. The molecule has 3 aromatic rings. The number of oxime groups is 1. The van der Waals surface area contributed by atoms with Crippen LogP contribution in [-0.4, -0.2) is 16.8 Å². The Balaban J connectivity index is 1.84. The average molecular weight is 347 g/mol. The van der Waals surface area contributed by atoms with Crippen LogP contribution in [0.1, 0.15) is 15.9 Å². The molecule has 0 aliphatic rings. The van der Waals surface area contributed by atoms with Crippen molar-refractivity contribution in [3.63, 3.8) is 0 Å². The Morgan fingerprint density at radius 2 is 1.96 bits per heavy atom. The number of nitrogens with zero attached hydrogens (tertiary/aromatic N) is 2. The third-order valence-corrected chi connectivity index (χ3v) is 4.14. The van der Waals surface area contributed by atoms with E-state index in [1.807, 2.05) is 35.9 Å². The molecule has 0 radical (unpaired) electrons. The highest BCUT2D eigenvalue weighted by Crippen LogP contribution is 2.27. The lowest BCUT2D eigenvalue weighted by atomic mass is 10.2. The Hall–Kier alpha value is -2.30. The summed E-state index contributed by atoms with van der Waals surface area (Å²) in [6, 6.07) is 14.2. The molecule has 6 heteroatoms. The predicted octanol–water partition coefficient (Wildman–Crippen LogP) is 4.68. The largest absolute Gasteiger partial charge is 0.365 e. The first-order valence-corrected chi connectivity index (χ1v) is 7.56. The van der Waals surface area contributed by atoms with Crippen LogP contribution < -0.4 is 0 Å². The van der Waals surface area contributed by atoms with Gasteiger partial charge in [-0.2, -0.15) is 0 Å². The highest BCUT2D eigenvalue weighted by molar-refractivity contribution is 6.34. The molecule has 0 unspecified atom stereocenters. The van der Waals surface area contributed by atoms with E-state index in [0.717, 1.165) is 10.9 Å². The molecule has 0 amide bonds. The molecule has 2 aromatic carbocycles. The highest BCUT2D eigenvalue weighted by Gasteiger charge is 2.12. The summed E-state index contributed by atoms with van der Waals surface area (Å²) in [4.78, 5) is 16.8. The first kappa shape index (κ1) is 15.6. The predicted molar refractivity (Wildman–Crippen MR) is 92.4 cm³/mol. The normalized spacial score (nSPS) is 11.3. The average Bonchev–Trinajstić information content (AvgIpc) is 2.80. The SMILES string of the molecule is Cn1c(Cl)c(C=NOC(=O)c2cccc(Cl)c2)c2ccccc21. The fraction of sp³-hybridized carbons (Fsp3) is 0.0588. The fourth-order valence-electron chi connectivity index (χ4n) is 2.31. The lowest BCUT2D eigenvalue weighted by Crippen LogP contribution is -2.00. The van der Waals surface area contributed by atoms with Gasteiger partial charge in [-0.25, -0.2) is 4.79 Å². The minimum absolute atomic E-state index is 0.332. The number of para-hydroxylation sites is 1. The smallest absolute Gasteiger partial charge is 0.334 e. The van der Waals surface area contributed by atoms with Crippen LogP contribution in [0, 0.1) is 0 Å². The zero-order valence-corrected chi connectivity index (χ0v) is 13.7. The first-order valence-electron chi connectivity index (χ1n) is 6.81. The maximum Gasteiger partial charge on any atom is 0.365 e. The Kier molecular flexibility index (Phi) is 4.37. The van der Waals surface area contributed by atoms with Crippen molar-refractivity contribution in [1.82, 2.24) is 4.57 Å². The summed E-state index contributed by atoms with van der Waals surface area (Å²) >= 11 is 12.1. The quantitative estimate of drug-likeness (QED) is 0.392. The van der Waals surface area contributed by atoms with Crippen LogP contribution >= 0.6 is 23.2 Å². The van der Waals surface area contributed by atoms with E-state index in [0.29, 0.717) is 21.3 Å². The van der Waals surface area contributed by atoms with E-state index in [2.05, 4.69) is 5.16 Å². The van der Waals surface area contributed by atoms with Crippen LogP contribution in [0.5, 0.6) is 0 Å². The van der Waals surface area contributed by atoms with Gasteiger partial charge in [0.25, 0.3) is 0 Å². The maximum atomic E-state index is 11.9. The summed E-state index contributed by atoms with van der Waals surface area (Å²) in [5.74, 6) is -0.583. The van der Waals surface area contributed by atoms with Gasteiger partial charge < -0.3 is 9.40 Å². The summed E-state index contributed by atoms with van der Waals surface area (Å²) in [6.07, 6.45) is 1.44. The molecule has 0 bridgehead atoms. The number of benzene rings is 2. The van der Waals surface area contributed by atoms with Gasteiger partial charge in [-0.1, -0.05) is 52.6 Å². The minimum atomic E-state index is -0.583. The number of hydrogen-bond acceptors (Lipinski definition) is 3. The van der Waals surface area contributed by atoms with E-state index in [4.69, 9.17) is 28.0 Å². The number of carbonyl (C=O) groups excluding carboxylic acids is 1. The lowest BCUT2D eigenvalue weighted by Gasteiger charge is -1.98. The first-order chi connectivity index (χ1) is 11.1. The van der Waals surface area contributed by atoms with Gasteiger partial charge in [0, 0.05) is 28.5 Å². The topological polar surface area (TPSA) is 43.6 Å². The fourth-order valence-corrected chi connectivity index (χ4v) is 2.74. The van der Waals surface area contributed by atoms with Crippen molar-refractivity contribution >= 4 is 46.3 Å². The van der Waals surface area contributed by atoms with Crippen LogP contribution in [0.4, 0.5) is 0 Å². The molecule has 0 atom stereocenters. The third-order valence-electron chi connectivity index (χ3n) is 3.45. The summed E-state index contributed by atoms with van der Waals surface area (Å²) < 4.78 is 1.84. The zero-order valence-electron chi connectivity index (χ0n) is 12.2. The Labute approximate surface area is 142 Å². The number of aryl methyl sites for hydroxylation is 1. The number of aromatic nitrogens is 1. The van der Waals surface area contributed by atoms with E-state index < -0.39 is 5.97 Å². The number of rotatable bonds is 3. The van der Waals surface area contributed by atoms with Crippen LogP contribution in [0.3, 0.4) is 0 Å². The monoisotopic (exact) mass is 346 g/mol. The standard InChI is InChI=1S/C17H12Cl2N2O2/c1-21-15-8-3-2-7-13(15)14(16(21)19)10-20-23-17(22)11-5-4-6-12(18)9-11/h2-10H,1H3. The molecule has 4 nitrogen and oxygen atoms in total. The van der Waals surface area contributed by atoms with Crippen LogP contribution in [0.2, 0.25) is 10.2 Å². The minimum Gasteiger partial charge on any atom is -0.334 e. The summed E-state index contributed by atoms with van der Waals surface area (Å²) in [7, 11) is 1.86. The third kappa shape index (κ3) is 3.09. The van der Waals surface area contributed by atoms with E-state index >= 15 is 0 Å². The van der Waals surface area contributed by atoms with E-state index in [1.165, 1.54) is 12.3 Å². The molecule has 0 fully saturated rings. The number of hydrogen-bond donors (Lipinski definition) is 0. The molecule has 23 heavy (non-hydrogen) atoms. The van der Waals surface area contributed by atoms with Crippen molar-refractivity contribution in [1.29, 1.82) is 0 Å². The van der Waals surface area contributed by atoms with Crippen molar-refractivity contribution in [3.8, 4) is 0 Å². The van der Waals surface area contributed by atoms with Crippen molar-refractivity contribution in [3.05, 3.63) is 69.8 Å². The van der Waals surface area contributed by atoms with Gasteiger partial charge in [0.05, 0.1) is 11.8 Å². The van der Waals surface area contributed by atoms with Gasteiger partial charge in [0.15, 0.2) is 0 Å². The molecule has 0 N–H and O–H groups in total. The van der Waals surface area contributed by atoms with E-state index in [-0.39, 0.29) is 0 Å². The second-order valence-corrected chi connectivity index (χ2v) is 5.70. The number of fused-ring (bicyclic) bond motifs is 1. The van der Waals surface area contributed by atoms with E-state index in [1.54, 1.807) is 18.2 Å². The van der Waals surface area contributed by atoms with Crippen molar-refractivity contribution in [2.75, 3.05) is 0 Å². The molecule has 1 heterocycles. The zero-order chi connectivity index (χ0) is 16.4. The molecule has 0 spiro atoms. The Bertz CT molecular complexity index is 916. The molecule has 0 aliphatic carbocycles. The van der Waals surface area contributed by atoms with Crippen molar-refractivity contribution < 1.29 is 9.63 Å². The highest BCUT2D eigenvalue weighted by atomic mass is 35.5. The molecule has 0 aliphatic heterocycles.